The molecule has 0 amide bonds. The van der Waals surface area contributed by atoms with Crippen molar-refractivity contribution in [1.29, 1.82) is 5.26 Å². The second-order valence-corrected chi connectivity index (χ2v) is 6.48. The normalized spacial score (nSPS) is 10.9. The van der Waals surface area contributed by atoms with E-state index in [2.05, 4.69) is 4.72 Å². The second-order valence-electron chi connectivity index (χ2n) is 4.40. The summed E-state index contributed by atoms with van der Waals surface area (Å²) in [6, 6.07) is 11.0. The molecule has 0 saturated heterocycles. The Bertz CT molecular complexity index is 842. The van der Waals surface area contributed by atoms with Crippen molar-refractivity contribution >= 4 is 33.0 Å². The minimum Gasteiger partial charge on any atom is -0.398 e. The summed E-state index contributed by atoms with van der Waals surface area (Å²) in [6.45, 7) is 1.73. The highest BCUT2D eigenvalue weighted by Gasteiger charge is 2.19. The van der Waals surface area contributed by atoms with E-state index >= 15 is 0 Å². The molecular formula is C14H12ClN3O2S. The summed E-state index contributed by atoms with van der Waals surface area (Å²) in [4.78, 5) is -0.0858. The van der Waals surface area contributed by atoms with E-state index in [1.165, 1.54) is 24.3 Å². The van der Waals surface area contributed by atoms with Crippen LogP contribution in [0.15, 0.2) is 41.3 Å². The number of halogens is 1. The van der Waals surface area contributed by atoms with E-state index in [-0.39, 0.29) is 21.8 Å². The molecule has 0 atom stereocenters. The number of sulfonamides is 1. The Morgan fingerprint density at radius 3 is 2.62 bits per heavy atom. The van der Waals surface area contributed by atoms with Crippen LogP contribution in [0.4, 0.5) is 11.4 Å². The largest absolute Gasteiger partial charge is 0.398 e. The van der Waals surface area contributed by atoms with E-state index in [1.807, 2.05) is 6.07 Å². The van der Waals surface area contributed by atoms with Gasteiger partial charge < -0.3 is 5.73 Å². The van der Waals surface area contributed by atoms with E-state index in [1.54, 1.807) is 19.1 Å². The third kappa shape index (κ3) is 3.10. The molecule has 0 aliphatic rings. The zero-order valence-electron chi connectivity index (χ0n) is 11.1. The van der Waals surface area contributed by atoms with Crippen molar-refractivity contribution in [2.24, 2.45) is 0 Å². The third-order valence-electron chi connectivity index (χ3n) is 2.89. The Labute approximate surface area is 128 Å². The van der Waals surface area contributed by atoms with Crippen molar-refractivity contribution in [1.82, 2.24) is 0 Å². The van der Waals surface area contributed by atoms with Crippen molar-refractivity contribution in [3.05, 3.63) is 52.5 Å². The molecule has 3 N–H and O–H groups in total. The number of nitriles is 1. The van der Waals surface area contributed by atoms with Crippen molar-refractivity contribution < 1.29 is 8.42 Å². The van der Waals surface area contributed by atoms with Gasteiger partial charge in [0.05, 0.1) is 16.9 Å². The van der Waals surface area contributed by atoms with Gasteiger partial charge >= 0.3 is 0 Å². The maximum atomic E-state index is 12.4. The van der Waals surface area contributed by atoms with Crippen LogP contribution in [0.25, 0.3) is 0 Å². The number of hydrogen-bond donors (Lipinski definition) is 2. The first kappa shape index (κ1) is 15.2. The van der Waals surface area contributed by atoms with Gasteiger partial charge in [0.25, 0.3) is 10.0 Å². The molecular weight excluding hydrogens is 310 g/mol. The lowest BCUT2D eigenvalue weighted by molar-refractivity contribution is 0.601. The number of nitrogens with one attached hydrogen (secondary N) is 1. The molecule has 2 rings (SSSR count). The molecule has 0 bridgehead atoms. The minimum atomic E-state index is -3.89. The highest BCUT2D eigenvalue weighted by molar-refractivity contribution is 7.92. The highest BCUT2D eigenvalue weighted by Crippen LogP contribution is 2.26. The van der Waals surface area contributed by atoms with Gasteiger partial charge in [-0.1, -0.05) is 23.7 Å². The molecule has 0 saturated carbocycles. The number of nitrogens with two attached hydrogens (primary N) is 1. The smallest absolute Gasteiger partial charge is 0.263 e. The minimum absolute atomic E-state index is 0.0427. The van der Waals surface area contributed by atoms with E-state index in [0.717, 1.165) is 0 Å². The summed E-state index contributed by atoms with van der Waals surface area (Å²) in [5, 5.41) is 9.48. The Morgan fingerprint density at radius 1 is 1.29 bits per heavy atom. The van der Waals surface area contributed by atoms with Crippen LogP contribution in [-0.4, -0.2) is 8.42 Å². The fourth-order valence-corrected chi connectivity index (χ4v) is 3.23. The first-order valence-corrected chi connectivity index (χ1v) is 7.79. The third-order valence-corrected chi connectivity index (χ3v) is 4.56. The number of nitrogen functional groups attached to an aromatic ring is 1. The van der Waals surface area contributed by atoms with Gasteiger partial charge in [0.1, 0.15) is 11.0 Å². The summed E-state index contributed by atoms with van der Waals surface area (Å²) >= 11 is 5.76. The highest BCUT2D eigenvalue weighted by atomic mass is 35.5. The first-order valence-electron chi connectivity index (χ1n) is 5.92. The molecule has 0 heterocycles. The molecule has 108 valence electrons. The van der Waals surface area contributed by atoms with E-state index < -0.39 is 10.0 Å². The standard InChI is InChI=1S/C14H12ClN3O2S/c1-9-3-2-4-13(11(9)8-16)18-21(19,20)14-6-5-10(15)7-12(14)17/h2-7,18H,17H2,1H3. The summed E-state index contributed by atoms with van der Waals surface area (Å²) in [7, 11) is -3.89. The number of anilines is 2. The molecule has 7 heteroatoms. The van der Waals surface area contributed by atoms with Crippen LogP contribution in [0.2, 0.25) is 5.02 Å². The Morgan fingerprint density at radius 2 is 2.00 bits per heavy atom. The molecule has 2 aromatic rings. The quantitative estimate of drug-likeness (QED) is 0.849. The molecule has 0 aromatic heterocycles. The van der Waals surface area contributed by atoms with Crippen molar-refractivity contribution in [2.45, 2.75) is 11.8 Å². The van der Waals surface area contributed by atoms with Gasteiger partial charge in [0, 0.05) is 5.02 Å². The van der Waals surface area contributed by atoms with Gasteiger partial charge in [0.2, 0.25) is 0 Å². The number of aryl methyl sites for hydroxylation is 1. The molecule has 0 aliphatic heterocycles. The maximum absolute atomic E-state index is 12.4. The lowest BCUT2D eigenvalue weighted by Crippen LogP contribution is -2.15. The molecule has 0 unspecified atom stereocenters. The Balaban J connectivity index is 2.48. The van der Waals surface area contributed by atoms with Crippen molar-refractivity contribution in [3.63, 3.8) is 0 Å². The summed E-state index contributed by atoms with van der Waals surface area (Å²) in [5.41, 5.74) is 6.90. The molecule has 21 heavy (non-hydrogen) atoms. The predicted molar refractivity (Wildman–Crippen MR) is 82.6 cm³/mol. The Hall–Kier alpha value is -2.23. The predicted octanol–water partition coefficient (Wildman–Crippen LogP) is 2.90. The van der Waals surface area contributed by atoms with Crippen LogP contribution in [0, 0.1) is 18.3 Å². The summed E-state index contributed by atoms with van der Waals surface area (Å²) in [6.07, 6.45) is 0. The molecule has 2 aromatic carbocycles. The van der Waals surface area contributed by atoms with Crippen LogP contribution >= 0.6 is 11.6 Å². The summed E-state index contributed by atoms with van der Waals surface area (Å²) in [5.74, 6) is 0. The number of benzene rings is 2. The SMILES string of the molecule is Cc1cccc(NS(=O)(=O)c2ccc(Cl)cc2N)c1C#N. The van der Waals surface area contributed by atoms with E-state index in [0.29, 0.717) is 10.6 Å². The van der Waals surface area contributed by atoms with Gasteiger partial charge in [0.15, 0.2) is 0 Å². The molecule has 0 fully saturated rings. The average Bonchev–Trinajstić information content (AvgIpc) is 2.38. The molecule has 0 radical (unpaired) electrons. The number of hydrogen-bond acceptors (Lipinski definition) is 4. The maximum Gasteiger partial charge on any atom is 0.263 e. The van der Waals surface area contributed by atoms with Gasteiger partial charge in [-0.3, -0.25) is 4.72 Å². The Kier molecular flexibility index (Phi) is 4.07. The van der Waals surface area contributed by atoms with Crippen LogP contribution in [0.1, 0.15) is 11.1 Å². The topological polar surface area (TPSA) is 96.0 Å². The number of rotatable bonds is 3. The fraction of sp³-hybridized carbons (Fsp3) is 0.0714. The van der Waals surface area contributed by atoms with E-state index in [9.17, 15) is 8.42 Å². The van der Waals surface area contributed by atoms with Gasteiger partial charge in [-0.2, -0.15) is 5.26 Å². The summed E-state index contributed by atoms with van der Waals surface area (Å²) < 4.78 is 27.1. The van der Waals surface area contributed by atoms with Crippen LogP contribution in [0.3, 0.4) is 0 Å². The van der Waals surface area contributed by atoms with Crippen LogP contribution < -0.4 is 10.5 Å². The van der Waals surface area contributed by atoms with Gasteiger partial charge in [-0.15, -0.1) is 0 Å². The zero-order chi connectivity index (χ0) is 15.6. The average molecular weight is 322 g/mol. The molecule has 0 aliphatic carbocycles. The fourth-order valence-electron chi connectivity index (χ4n) is 1.86. The lowest BCUT2D eigenvalue weighted by atomic mass is 10.1. The second kappa shape index (κ2) is 5.64. The van der Waals surface area contributed by atoms with E-state index in [4.69, 9.17) is 22.6 Å². The van der Waals surface area contributed by atoms with Crippen molar-refractivity contribution in [2.75, 3.05) is 10.5 Å². The number of nitrogens with zero attached hydrogens (tertiary/aromatic N) is 1. The monoisotopic (exact) mass is 321 g/mol. The zero-order valence-corrected chi connectivity index (χ0v) is 12.7. The molecule has 0 spiro atoms. The van der Waals surface area contributed by atoms with Crippen LogP contribution in [-0.2, 0) is 10.0 Å². The van der Waals surface area contributed by atoms with Gasteiger partial charge in [-0.05, 0) is 36.8 Å². The lowest BCUT2D eigenvalue weighted by Gasteiger charge is -2.12. The molecule has 5 nitrogen and oxygen atoms in total. The van der Waals surface area contributed by atoms with Gasteiger partial charge in [-0.25, -0.2) is 8.42 Å². The first-order chi connectivity index (χ1) is 9.85. The van der Waals surface area contributed by atoms with Crippen LogP contribution in [0.5, 0.6) is 0 Å². The van der Waals surface area contributed by atoms with Crippen molar-refractivity contribution in [3.8, 4) is 6.07 Å².